The largest absolute Gasteiger partial charge is 0.392 e. The first-order valence-corrected chi connectivity index (χ1v) is 17.9. The van der Waals surface area contributed by atoms with Gasteiger partial charge in [0.2, 0.25) is 0 Å². The van der Waals surface area contributed by atoms with Crippen LogP contribution in [0.4, 0.5) is 11.4 Å². The van der Waals surface area contributed by atoms with E-state index in [0.717, 1.165) is 35.1 Å². The van der Waals surface area contributed by atoms with Crippen LogP contribution in [0.5, 0.6) is 0 Å². The summed E-state index contributed by atoms with van der Waals surface area (Å²) >= 11 is 0. The van der Waals surface area contributed by atoms with Gasteiger partial charge in [-0.3, -0.25) is 0 Å². The van der Waals surface area contributed by atoms with E-state index >= 15 is 0 Å². The average Bonchev–Trinajstić information content (AvgIpc) is 3.73. The highest BCUT2D eigenvalue weighted by Gasteiger charge is 2.72. The molecular weight excluding hydrogens is 568 g/mol. The molecule has 0 amide bonds. The van der Waals surface area contributed by atoms with Crippen LogP contribution < -0.4 is 9.80 Å². The molecule has 7 aliphatic heterocycles. The maximum Gasteiger partial charge on any atom is 0.106 e. The fraction of sp³-hybridized carbons (Fsp3) is 0.500. The second-order valence-electron chi connectivity index (χ2n) is 16.7. The number of hydrogen-bond acceptors (Lipinski definition) is 4. The molecule has 2 N–H and O–H groups in total. The Hall–Kier alpha value is -3.16. The number of anilines is 2. The van der Waals surface area contributed by atoms with Gasteiger partial charge in [-0.15, -0.1) is 0 Å². The number of aliphatic hydroxyl groups is 2. The van der Waals surface area contributed by atoms with Crippen molar-refractivity contribution in [3.63, 3.8) is 0 Å². The lowest BCUT2D eigenvalue weighted by molar-refractivity contribution is -0.923. The van der Waals surface area contributed by atoms with E-state index in [1.807, 2.05) is 0 Å². The Morgan fingerprint density at radius 2 is 1.13 bits per heavy atom. The highest BCUT2D eigenvalue weighted by atomic mass is 16.3. The van der Waals surface area contributed by atoms with E-state index in [-0.39, 0.29) is 24.0 Å². The van der Waals surface area contributed by atoms with Crippen LogP contribution in [0, 0.1) is 11.8 Å². The molecular formula is C40H46N4O2+2. The molecule has 0 unspecified atom stereocenters. The van der Waals surface area contributed by atoms with Crippen LogP contribution in [0.25, 0.3) is 0 Å². The molecule has 2 aromatic carbocycles. The Morgan fingerprint density at radius 1 is 0.696 bits per heavy atom. The summed E-state index contributed by atoms with van der Waals surface area (Å²) in [6.45, 7) is 6.61. The first-order valence-electron chi connectivity index (χ1n) is 17.9. The quantitative estimate of drug-likeness (QED) is 0.390. The summed E-state index contributed by atoms with van der Waals surface area (Å²) in [7, 11) is 5.01. The number of para-hydroxylation sites is 2. The standard InChI is InChI=1S/C40H46N4O2/c1-43-15-13-39-31-7-3-5-9-33(31)41-22-30-28-20-36-40(14-16-44(36,2)24-26(28)12-18-46)32-8-4-6-10-34(32)42(38(30)40)21-29(37(39)41)27(19-35(39)43)25(23-43)11-17-45/h3-12,27-28,35-36,45-46H,13-24H2,1-2H3/q+2/b25-11+,26-12+/t27-,28-,35-,36-,39+,40+,43-,44-/m0/s1. The number of hydrogen-bond donors (Lipinski definition) is 2. The predicted molar refractivity (Wildman–Crippen MR) is 180 cm³/mol. The van der Waals surface area contributed by atoms with Gasteiger partial charge >= 0.3 is 0 Å². The third-order valence-electron chi connectivity index (χ3n) is 15.1. The molecule has 6 heteroatoms. The molecule has 6 nitrogen and oxygen atoms in total. The topological polar surface area (TPSA) is 46.9 Å². The molecule has 7 heterocycles. The number of nitrogens with zero attached hydrogens (tertiary/aromatic N) is 4. The van der Waals surface area contributed by atoms with E-state index in [1.165, 1.54) is 61.3 Å². The fourth-order valence-electron chi connectivity index (χ4n) is 13.7. The Bertz CT molecular complexity index is 1750. The number of piperidine rings is 2. The van der Waals surface area contributed by atoms with E-state index in [9.17, 15) is 10.2 Å². The van der Waals surface area contributed by atoms with E-state index in [2.05, 4.69) is 84.6 Å². The van der Waals surface area contributed by atoms with Gasteiger partial charge in [-0.05, 0) is 45.6 Å². The van der Waals surface area contributed by atoms with Gasteiger partial charge in [-0.2, -0.15) is 0 Å². The number of aliphatic hydroxyl groups excluding tert-OH is 2. The Balaban J connectivity index is 1.23. The van der Waals surface area contributed by atoms with Gasteiger partial charge in [0.05, 0.1) is 51.2 Å². The number of benzene rings is 2. The lowest BCUT2D eigenvalue weighted by Crippen LogP contribution is -2.64. The van der Waals surface area contributed by atoms with Crippen molar-refractivity contribution in [2.45, 2.75) is 48.6 Å². The molecule has 0 aromatic heterocycles. The third kappa shape index (κ3) is 2.77. The molecule has 2 spiro atoms. The van der Waals surface area contributed by atoms with Crippen molar-refractivity contribution < 1.29 is 19.2 Å². The molecule has 2 aromatic rings. The van der Waals surface area contributed by atoms with Crippen molar-refractivity contribution in [1.82, 2.24) is 0 Å². The predicted octanol–water partition coefficient (Wildman–Crippen LogP) is 4.37. The molecule has 236 valence electrons. The number of fused-ring (bicyclic) bond motifs is 8. The second kappa shape index (κ2) is 8.46. The van der Waals surface area contributed by atoms with Gasteiger partial charge < -0.3 is 29.0 Å². The molecule has 2 aliphatic carbocycles. The van der Waals surface area contributed by atoms with Crippen molar-refractivity contribution in [3.8, 4) is 0 Å². The summed E-state index contributed by atoms with van der Waals surface area (Å²) in [5.41, 5.74) is 15.5. The number of likely N-dealkylation sites (N-methyl/N-ethyl adjacent to an activating group) is 2. The van der Waals surface area contributed by atoms with E-state index < -0.39 is 0 Å². The van der Waals surface area contributed by atoms with Crippen LogP contribution in [-0.2, 0) is 10.8 Å². The number of quaternary nitrogens is 2. The Labute approximate surface area is 272 Å². The summed E-state index contributed by atoms with van der Waals surface area (Å²) in [4.78, 5) is 5.65. The molecule has 4 saturated heterocycles. The van der Waals surface area contributed by atoms with Crippen LogP contribution >= 0.6 is 0 Å². The van der Waals surface area contributed by atoms with E-state index in [4.69, 9.17) is 0 Å². The maximum atomic E-state index is 10.3. The SMILES string of the molecule is C[N@@+]12CC[C@@]34C5=C(CN6C7=C(CN5c5ccccc53)[C@H]3C[C@H]5[C@@]7(CC[N@@+]5(C)C/C3=C\CO)c3ccccc36)[C@@H](C[C@@H]41)/C(=C/CO)C2. The van der Waals surface area contributed by atoms with Crippen LogP contribution in [-0.4, -0.2) is 97.8 Å². The first kappa shape index (κ1) is 26.9. The highest BCUT2D eigenvalue weighted by Crippen LogP contribution is 2.69. The third-order valence-corrected chi connectivity index (χ3v) is 15.1. The summed E-state index contributed by atoms with van der Waals surface area (Å²) in [6, 6.07) is 20.0. The van der Waals surface area contributed by atoms with Crippen molar-refractivity contribution in [3.05, 3.63) is 105 Å². The van der Waals surface area contributed by atoms with Gasteiger partial charge in [0.15, 0.2) is 0 Å². The first-order chi connectivity index (χ1) is 22.4. The lowest BCUT2D eigenvalue weighted by atomic mass is 9.59. The van der Waals surface area contributed by atoms with Crippen molar-refractivity contribution >= 4 is 11.4 Å². The smallest absolute Gasteiger partial charge is 0.106 e. The van der Waals surface area contributed by atoms with Gasteiger partial charge in [0.25, 0.3) is 0 Å². The van der Waals surface area contributed by atoms with E-state index in [1.54, 1.807) is 33.7 Å². The summed E-state index contributed by atoms with van der Waals surface area (Å²) in [5.74, 6) is 0.759. The Kier molecular flexibility index (Phi) is 4.94. The molecule has 8 atom stereocenters. The molecule has 46 heavy (non-hydrogen) atoms. The van der Waals surface area contributed by atoms with E-state index in [0.29, 0.717) is 23.9 Å². The minimum Gasteiger partial charge on any atom is -0.392 e. The monoisotopic (exact) mass is 614 g/mol. The van der Waals surface area contributed by atoms with Gasteiger partial charge in [-0.25, -0.2) is 0 Å². The number of rotatable bonds is 2. The van der Waals surface area contributed by atoms with Gasteiger partial charge in [0, 0.05) is 73.4 Å². The molecule has 9 aliphatic rings. The minimum atomic E-state index is 0.0489. The molecule has 4 bridgehead atoms. The average molecular weight is 615 g/mol. The highest BCUT2D eigenvalue weighted by molar-refractivity contribution is 5.80. The maximum absolute atomic E-state index is 10.3. The zero-order chi connectivity index (χ0) is 30.8. The van der Waals surface area contributed by atoms with Crippen molar-refractivity contribution in [2.24, 2.45) is 11.8 Å². The molecule has 4 fully saturated rings. The zero-order valence-electron chi connectivity index (χ0n) is 27.3. The minimum absolute atomic E-state index is 0.0489. The van der Waals surface area contributed by atoms with Crippen molar-refractivity contribution in [2.75, 3.05) is 76.4 Å². The fourth-order valence-corrected chi connectivity index (χ4v) is 13.7. The van der Waals surface area contributed by atoms with Gasteiger partial charge in [-0.1, -0.05) is 48.6 Å². The van der Waals surface area contributed by atoms with Crippen molar-refractivity contribution in [1.29, 1.82) is 0 Å². The van der Waals surface area contributed by atoms with Gasteiger partial charge in [0.1, 0.15) is 25.2 Å². The molecule has 0 radical (unpaired) electrons. The normalized spacial score (nSPS) is 43.6. The Morgan fingerprint density at radius 3 is 1.57 bits per heavy atom. The molecule has 0 saturated carbocycles. The summed E-state index contributed by atoms with van der Waals surface area (Å²) in [6.07, 6.45) is 9.11. The zero-order valence-corrected chi connectivity index (χ0v) is 27.3. The van der Waals surface area contributed by atoms with Crippen LogP contribution in [0.1, 0.15) is 36.8 Å². The van der Waals surface area contributed by atoms with Crippen LogP contribution in [0.2, 0.25) is 0 Å². The molecule has 11 rings (SSSR count). The lowest BCUT2D eigenvalue weighted by Gasteiger charge is -2.56. The van der Waals surface area contributed by atoms with Crippen LogP contribution in [0.15, 0.2) is 94.4 Å². The van der Waals surface area contributed by atoms with Crippen LogP contribution in [0.3, 0.4) is 0 Å². The summed E-state index contributed by atoms with van der Waals surface area (Å²) in [5, 5.41) is 20.6. The summed E-state index contributed by atoms with van der Waals surface area (Å²) < 4.78 is 2.18. The second-order valence-corrected chi connectivity index (χ2v) is 16.7.